The number of hydrogen-bond acceptors (Lipinski definition) is 5. The van der Waals surface area contributed by atoms with Gasteiger partial charge in [-0.3, -0.25) is 0 Å². The lowest BCUT2D eigenvalue weighted by molar-refractivity contribution is 0.122. The topological polar surface area (TPSA) is 41.5 Å². The monoisotopic (exact) mass is 296 g/mol. The number of aromatic nitrogens is 2. The summed E-state index contributed by atoms with van der Waals surface area (Å²) < 4.78 is 5.41. The zero-order chi connectivity index (χ0) is 14.8. The van der Waals surface area contributed by atoms with Crippen LogP contribution >= 0.6 is 0 Å². The lowest BCUT2D eigenvalue weighted by atomic mass is 10.0. The largest absolute Gasteiger partial charge is 0.378 e. The summed E-state index contributed by atoms with van der Waals surface area (Å²) in [5.74, 6) is 1.80. The average molecular weight is 296 g/mol. The van der Waals surface area contributed by atoms with Gasteiger partial charge in [0.2, 0.25) is 5.95 Å². The van der Waals surface area contributed by atoms with Crippen molar-refractivity contribution in [2.75, 3.05) is 42.6 Å². The third-order valence-corrected chi connectivity index (χ3v) is 4.31. The highest BCUT2D eigenvalue weighted by molar-refractivity contribution is 5.65. The SMILES string of the molecule is c1ccc2c(c1)CCCN2c1ccnc(N2CCOCC2)n1. The quantitative estimate of drug-likeness (QED) is 0.851. The van der Waals surface area contributed by atoms with Crippen molar-refractivity contribution in [2.24, 2.45) is 0 Å². The average Bonchev–Trinajstić information content (AvgIpc) is 2.62. The van der Waals surface area contributed by atoms with Gasteiger partial charge >= 0.3 is 0 Å². The lowest BCUT2D eigenvalue weighted by Crippen LogP contribution is -2.37. The van der Waals surface area contributed by atoms with E-state index >= 15 is 0 Å². The number of nitrogens with zero attached hydrogens (tertiary/aromatic N) is 4. The van der Waals surface area contributed by atoms with Gasteiger partial charge in [-0.1, -0.05) is 18.2 Å². The maximum atomic E-state index is 5.41. The lowest BCUT2D eigenvalue weighted by Gasteiger charge is -2.32. The van der Waals surface area contributed by atoms with Crippen molar-refractivity contribution in [3.8, 4) is 0 Å². The van der Waals surface area contributed by atoms with Crippen LogP contribution in [0.4, 0.5) is 17.5 Å². The second-order valence-corrected chi connectivity index (χ2v) is 5.70. The van der Waals surface area contributed by atoms with E-state index in [1.54, 1.807) is 0 Å². The Bertz CT molecular complexity index is 655. The number of anilines is 3. The second-order valence-electron chi connectivity index (χ2n) is 5.70. The van der Waals surface area contributed by atoms with E-state index in [4.69, 9.17) is 9.72 Å². The van der Waals surface area contributed by atoms with Gasteiger partial charge in [-0.15, -0.1) is 0 Å². The maximum absolute atomic E-state index is 5.41. The molecule has 0 N–H and O–H groups in total. The van der Waals surface area contributed by atoms with E-state index in [2.05, 4.69) is 39.0 Å². The first-order valence-corrected chi connectivity index (χ1v) is 7.93. The third-order valence-electron chi connectivity index (χ3n) is 4.31. The first kappa shape index (κ1) is 13.5. The molecule has 0 atom stereocenters. The molecule has 22 heavy (non-hydrogen) atoms. The van der Waals surface area contributed by atoms with Crippen LogP contribution in [0.1, 0.15) is 12.0 Å². The molecule has 0 amide bonds. The number of rotatable bonds is 2. The zero-order valence-corrected chi connectivity index (χ0v) is 12.6. The van der Waals surface area contributed by atoms with Crippen LogP contribution in [0.3, 0.4) is 0 Å². The van der Waals surface area contributed by atoms with Gasteiger partial charge in [0, 0.05) is 31.5 Å². The molecule has 0 unspecified atom stereocenters. The molecule has 5 nitrogen and oxygen atoms in total. The highest BCUT2D eigenvalue weighted by Crippen LogP contribution is 2.32. The fourth-order valence-electron chi connectivity index (χ4n) is 3.18. The molecule has 2 aliphatic heterocycles. The number of hydrogen-bond donors (Lipinski definition) is 0. The molecule has 2 aliphatic rings. The molecule has 0 saturated carbocycles. The minimum atomic E-state index is 0.750. The van der Waals surface area contributed by atoms with E-state index in [0.717, 1.165) is 57.5 Å². The fraction of sp³-hybridized carbons (Fsp3) is 0.412. The van der Waals surface area contributed by atoms with Gasteiger partial charge in [0.05, 0.1) is 13.2 Å². The van der Waals surface area contributed by atoms with Crippen LogP contribution in [0.5, 0.6) is 0 Å². The number of morpholine rings is 1. The van der Waals surface area contributed by atoms with Crippen LogP contribution in [0.25, 0.3) is 0 Å². The van der Waals surface area contributed by atoms with Crippen molar-refractivity contribution in [3.63, 3.8) is 0 Å². The summed E-state index contributed by atoms with van der Waals surface area (Å²) >= 11 is 0. The molecule has 3 heterocycles. The van der Waals surface area contributed by atoms with E-state index < -0.39 is 0 Å². The number of ether oxygens (including phenoxy) is 1. The molecule has 0 radical (unpaired) electrons. The Morgan fingerprint density at radius 1 is 1.00 bits per heavy atom. The standard InChI is InChI=1S/C17H20N4O/c1-2-6-15-14(4-1)5-3-9-21(15)16-7-8-18-17(19-16)20-10-12-22-13-11-20/h1-2,4,6-8H,3,5,9-13H2. The van der Waals surface area contributed by atoms with Gasteiger partial charge in [-0.25, -0.2) is 4.98 Å². The van der Waals surface area contributed by atoms with Crippen LogP contribution in [-0.2, 0) is 11.2 Å². The molecule has 0 bridgehead atoms. The summed E-state index contributed by atoms with van der Waals surface area (Å²) in [6.45, 7) is 4.23. The molecule has 1 aromatic carbocycles. The molecule has 2 aromatic rings. The molecule has 114 valence electrons. The van der Waals surface area contributed by atoms with Crippen molar-refractivity contribution >= 4 is 17.5 Å². The normalized spacial score (nSPS) is 18.2. The molecule has 0 aliphatic carbocycles. The third kappa shape index (κ3) is 2.52. The number of para-hydroxylation sites is 1. The molecular formula is C17H20N4O. The summed E-state index contributed by atoms with van der Waals surface area (Å²) in [4.78, 5) is 13.8. The number of fused-ring (bicyclic) bond motifs is 1. The molecule has 4 rings (SSSR count). The van der Waals surface area contributed by atoms with Crippen LogP contribution in [-0.4, -0.2) is 42.8 Å². The Balaban J connectivity index is 1.66. The Morgan fingerprint density at radius 2 is 1.86 bits per heavy atom. The first-order chi connectivity index (χ1) is 10.9. The van der Waals surface area contributed by atoms with Crippen molar-refractivity contribution in [2.45, 2.75) is 12.8 Å². The molecule has 0 spiro atoms. The van der Waals surface area contributed by atoms with E-state index in [0.29, 0.717) is 0 Å². The van der Waals surface area contributed by atoms with Gasteiger partial charge in [0.25, 0.3) is 0 Å². The predicted octanol–water partition coefficient (Wildman–Crippen LogP) is 2.40. The smallest absolute Gasteiger partial charge is 0.227 e. The summed E-state index contributed by atoms with van der Waals surface area (Å²) in [5.41, 5.74) is 2.68. The molecule has 1 aromatic heterocycles. The van der Waals surface area contributed by atoms with Crippen molar-refractivity contribution < 1.29 is 4.74 Å². The fourth-order valence-corrected chi connectivity index (χ4v) is 3.18. The number of aryl methyl sites for hydroxylation is 1. The van der Waals surface area contributed by atoms with E-state index in [1.165, 1.54) is 11.3 Å². The molecule has 5 heteroatoms. The van der Waals surface area contributed by atoms with Crippen LogP contribution in [0.2, 0.25) is 0 Å². The van der Waals surface area contributed by atoms with Gasteiger partial charge in [-0.05, 0) is 30.5 Å². The number of benzene rings is 1. The van der Waals surface area contributed by atoms with Crippen LogP contribution in [0.15, 0.2) is 36.5 Å². The summed E-state index contributed by atoms with van der Waals surface area (Å²) in [6.07, 6.45) is 4.17. The Morgan fingerprint density at radius 3 is 2.77 bits per heavy atom. The van der Waals surface area contributed by atoms with Crippen molar-refractivity contribution in [3.05, 3.63) is 42.1 Å². The first-order valence-electron chi connectivity index (χ1n) is 7.93. The zero-order valence-electron chi connectivity index (χ0n) is 12.6. The van der Waals surface area contributed by atoms with Gasteiger partial charge in [-0.2, -0.15) is 4.98 Å². The van der Waals surface area contributed by atoms with Crippen LogP contribution < -0.4 is 9.80 Å². The summed E-state index contributed by atoms with van der Waals surface area (Å²) in [7, 11) is 0. The second kappa shape index (κ2) is 5.93. The highest BCUT2D eigenvalue weighted by Gasteiger charge is 2.20. The van der Waals surface area contributed by atoms with Gasteiger partial charge in [0.15, 0.2) is 0 Å². The minimum Gasteiger partial charge on any atom is -0.378 e. The minimum absolute atomic E-state index is 0.750. The predicted molar refractivity (Wildman–Crippen MR) is 86.8 cm³/mol. The Labute approximate surface area is 130 Å². The van der Waals surface area contributed by atoms with Crippen molar-refractivity contribution in [1.29, 1.82) is 0 Å². The maximum Gasteiger partial charge on any atom is 0.227 e. The Kier molecular flexibility index (Phi) is 3.64. The molecule has 1 fully saturated rings. The summed E-state index contributed by atoms with van der Waals surface area (Å²) in [5, 5.41) is 0. The molecular weight excluding hydrogens is 276 g/mol. The van der Waals surface area contributed by atoms with E-state index in [-0.39, 0.29) is 0 Å². The highest BCUT2D eigenvalue weighted by atomic mass is 16.5. The van der Waals surface area contributed by atoms with Crippen LogP contribution in [0, 0.1) is 0 Å². The Hall–Kier alpha value is -2.14. The van der Waals surface area contributed by atoms with E-state index in [1.807, 2.05) is 12.3 Å². The molecule has 1 saturated heterocycles. The van der Waals surface area contributed by atoms with E-state index in [9.17, 15) is 0 Å². The summed E-state index contributed by atoms with van der Waals surface area (Å²) in [6, 6.07) is 10.6. The van der Waals surface area contributed by atoms with Gasteiger partial charge < -0.3 is 14.5 Å². The van der Waals surface area contributed by atoms with Crippen molar-refractivity contribution in [1.82, 2.24) is 9.97 Å². The van der Waals surface area contributed by atoms with Gasteiger partial charge in [0.1, 0.15) is 5.82 Å².